The van der Waals surface area contributed by atoms with Gasteiger partial charge < -0.3 is 19.7 Å². The number of fused-ring (bicyclic) bond motifs is 1. The molecule has 35 heavy (non-hydrogen) atoms. The molecule has 2 N–H and O–H groups in total. The molecule has 2 aromatic carbocycles. The molecule has 1 aliphatic rings. The van der Waals surface area contributed by atoms with E-state index in [1.807, 2.05) is 18.2 Å². The number of ether oxygens (including phenoxy) is 1. The van der Waals surface area contributed by atoms with Crippen LogP contribution >= 0.6 is 0 Å². The third-order valence-corrected chi connectivity index (χ3v) is 7.06. The van der Waals surface area contributed by atoms with Gasteiger partial charge in [0.2, 0.25) is 5.95 Å². The van der Waals surface area contributed by atoms with Gasteiger partial charge in [-0.15, -0.1) is 13.2 Å². The molecule has 0 spiro atoms. The van der Waals surface area contributed by atoms with Crippen LogP contribution in [0.2, 0.25) is 0 Å². The molecule has 0 radical (unpaired) electrons. The summed E-state index contributed by atoms with van der Waals surface area (Å²) in [6, 6.07) is 11.8. The summed E-state index contributed by atoms with van der Waals surface area (Å²) < 4.78 is 43.9. The molecule has 8 heteroatoms. The highest BCUT2D eigenvalue weighted by Crippen LogP contribution is 2.44. The van der Waals surface area contributed by atoms with E-state index in [-0.39, 0.29) is 11.8 Å². The third kappa shape index (κ3) is 5.74. The van der Waals surface area contributed by atoms with Crippen molar-refractivity contribution in [2.24, 2.45) is 17.8 Å². The number of nitrogens with zero attached hydrogens (tertiary/aromatic N) is 2. The molecule has 5 nitrogen and oxygen atoms in total. The van der Waals surface area contributed by atoms with Crippen LogP contribution in [0.4, 0.5) is 24.8 Å². The Kier molecular flexibility index (Phi) is 6.79. The van der Waals surface area contributed by atoms with Gasteiger partial charge in [0.05, 0.1) is 16.6 Å². The normalized spacial score (nSPS) is 21.5. The summed E-state index contributed by atoms with van der Waals surface area (Å²) in [5, 5.41) is 13.9. The zero-order chi connectivity index (χ0) is 25.5. The van der Waals surface area contributed by atoms with E-state index < -0.39 is 12.0 Å². The van der Waals surface area contributed by atoms with Crippen molar-refractivity contribution in [2.45, 2.75) is 71.9 Å². The number of halogens is 3. The lowest BCUT2D eigenvalue weighted by atomic mass is 9.74. The molecular weight excluding hydrogens is 455 g/mol. The van der Waals surface area contributed by atoms with Gasteiger partial charge in [0.15, 0.2) is 0 Å². The number of imidazole rings is 1. The highest BCUT2D eigenvalue weighted by molar-refractivity contribution is 5.81. The molecule has 3 atom stereocenters. The van der Waals surface area contributed by atoms with Crippen LogP contribution < -0.4 is 10.1 Å². The van der Waals surface area contributed by atoms with Crippen molar-refractivity contribution in [3.05, 3.63) is 48.0 Å². The SMILES string of the molecule is CC(C)[C@@H]1CC[C@@H](C)CC1n1c(Nc2ccc(OC(F)(F)F)cc2)nc2cc(C(C)(C)O)ccc21. The molecule has 4 rings (SSSR count). The molecule has 1 heterocycles. The molecular formula is C27H34F3N3O2. The van der Waals surface area contributed by atoms with Crippen molar-refractivity contribution in [3.63, 3.8) is 0 Å². The summed E-state index contributed by atoms with van der Waals surface area (Å²) >= 11 is 0. The molecule has 1 unspecified atom stereocenters. The topological polar surface area (TPSA) is 59.3 Å². The van der Waals surface area contributed by atoms with Gasteiger partial charge in [-0.3, -0.25) is 0 Å². The van der Waals surface area contributed by atoms with E-state index in [1.165, 1.54) is 18.6 Å². The minimum absolute atomic E-state index is 0.229. The van der Waals surface area contributed by atoms with Gasteiger partial charge in [0.1, 0.15) is 5.75 Å². The van der Waals surface area contributed by atoms with Crippen LogP contribution in [0.25, 0.3) is 11.0 Å². The standard InChI is InChI=1S/C27H34F3N3O2/c1-16(2)21-12-6-17(3)14-24(21)33-23-13-7-18(26(4,5)34)15-22(23)32-25(33)31-19-8-10-20(11-9-19)35-27(28,29)30/h7-11,13,15-17,21,24,34H,6,12,14H2,1-5H3,(H,31,32)/t17-,21+,24?/m1/s1. The third-order valence-electron chi connectivity index (χ3n) is 7.06. The van der Waals surface area contributed by atoms with Gasteiger partial charge in [-0.05, 0) is 86.4 Å². The monoisotopic (exact) mass is 489 g/mol. The second kappa shape index (κ2) is 9.37. The number of aromatic nitrogens is 2. The maximum atomic E-state index is 12.5. The van der Waals surface area contributed by atoms with Crippen molar-refractivity contribution in [1.82, 2.24) is 9.55 Å². The van der Waals surface area contributed by atoms with Gasteiger partial charge in [-0.2, -0.15) is 0 Å². The summed E-state index contributed by atoms with van der Waals surface area (Å²) in [4.78, 5) is 4.89. The van der Waals surface area contributed by atoms with Crippen LogP contribution in [0, 0.1) is 17.8 Å². The van der Waals surface area contributed by atoms with Crippen molar-refractivity contribution in [3.8, 4) is 5.75 Å². The molecule has 1 fully saturated rings. The van der Waals surface area contributed by atoms with Crippen molar-refractivity contribution in [2.75, 3.05) is 5.32 Å². The zero-order valence-corrected chi connectivity index (χ0v) is 20.9. The Labute approximate surface area is 204 Å². The highest BCUT2D eigenvalue weighted by atomic mass is 19.4. The maximum absolute atomic E-state index is 12.5. The Morgan fingerprint density at radius 1 is 1.09 bits per heavy atom. The van der Waals surface area contributed by atoms with Crippen LogP contribution in [-0.4, -0.2) is 21.0 Å². The van der Waals surface area contributed by atoms with E-state index in [4.69, 9.17) is 4.98 Å². The van der Waals surface area contributed by atoms with Crippen molar-refractivity contribution >= 4 is 22.7 Å². The lowest BCUT2D eigenvalue weighted by Crippen LogP contribution is -2.30. The minimum atomic E-state index is -4.73. The quantitative estimate of drug-likeness (QED) is 0.376. The number of hydrogen-bond donors (Lipinski definition) is 2. The zero-order valence-electron chi connectivity index (χ0n) is 20.9. The predicted molar refractivity (Wildman–Crippen MR) is 132 cm³/mol. The fourth-order valence-corrected chi connectivity index (χ4v) is 5.22. The molecule has 0 bridgehead atoms. The number of anilines is 2. The molecule has 0 amide bonds. The molecule has 1 aliphatic carbocycles. The van der Waals surface area contributed by atoms with Crippen LogP contribution in [0.3, 0.4) is 0 Å². The Balaban J connectivity index is 1.77. The fraction of sp³-hybridized carbons (Fsp3) is 0.519. The maximum Gasteiger partial charge on any atom is 0.573 e. The average molecular weight is 490 g/mol. The number of hydrogen-bond acceptors (Lipinski definition) is 4. The molecule has 1 saturated carbocycles. The van der Waals surface area contributed by atoms with Gasteiger partial charge in [-0.1, -0.05) is 33.3 Å². The number of aliphatic hydroxyl groups is 1. The summed E-state index contributed by atoms with van der Waals surface area (Å²) in [5.41, 5.74) is 2.13. The molecule has 0 saturated heterocycles. The predicted octanol–water partition coefficient (Wildman–Crippen LogP) is 7.54. The Hall–Kier alpha value is -2.74. The molecule has 1 aromatic heterocycles. The van der Waals surface area contributed by atoms with E-state index in [9.17, 15) is 18.3 Å². The Morgan fingerprint density at radius 3 is 2.37 bits per heavy atom. The molecule has 190 valence electrons. The number of rotatable bonds is 6. The van der Waals surface area contributed by atoms with Gasteiger partial charge >= 0.3 is 6.36 Å². The summed E-state index contributed by atoms with van der Waals surface area (Å²) in [5.74, 6) is 1.91. The first-order valence-corrected chi connectivity index (χ1v) is 12.2. The smallest absolute Gasteiger partial charge is 0.406 e. The fourth-order valence-electron chi connectivity index (χ4n) is 5.22. The first-order valence-electron chi connectivity index (χ1n) is 12.2. The lowest BCUT2D eigenvalue weighted by Gasteiger charge is -2.39. The summed E-state index contributed by atoms with van der Waals surface area (Å²) in [6.45, 7) is 10.3. The number of alkyl halides is 3. The van der Waals surface area contributed by atoms with Crippen LogP contribution in [-0.2, 0) is 5.60 Å². The number of nitrogens with one attached hydrogen (secondary N) is 1. The second-order valence-corrected chi connectivity index (χ2v) is 10.7. The van der Waals surface area contributed by atoms with E-state index in [0.29, 0.717) is 29.4 Å². The van der Waals surface area contributed by atoms with E-state index in [2.05, 4.69) is 35.4 Å². The van der Waals surface area contributed by atoms with Crippen molar-refractivity contribution in [1.29, 1.82) is 0 Å². The van der Waals surface area contributed by atoms with Gasteiger partial charge in [0.25, 0.3) is 0 Å². The van der Waals surface area contributed by atoms with Crippen LogP contribution in [0.1, 0.15) is 65.5 Å². The first kappa shape index (κ1) is 25.4. The van der Waals surface area contributed by atoms with E-state index in [1.54, 1.807) is 26.0 Å². The summed E-state index contributed by atoms with van der Waals surface area (Å²) in [7, 11) is 0. The Morgan fingerprint density at radius 2 is 1.77 bits per heavy atom. The second-order valence-electron chi connectivity index (χ2n) is 10.7. The van der Waals surface area contributed by atoms with E-state index >= 15 is 0 Å². The Bertz CT molecular complexity index is 1160. The van der Waals surface area contributed by atoms with Crippen molar-refractivity contribution < 1.29 is 23.0 Å². The van der Waals surface area contributed by atoms with Crippen LogP contribution in [0.5, 0.6) is 5.75 Å². The molecule has 3 aromatic rings. The largest absolute Gasteiger partial charge is 0.573 e. The molecule has 0 aliphatic heterocycles. The van der Waals surface area contributed by atoms with Gasteiger partial charge in [-0.25, -0.2) is 4.98 Å². The highest BCUT2D eigenvalue weighted by Gasteiger charge is 2.35. The van der Waals surface area contributed by atoms with E-state index in [0.717, 1.165) is 29.4 Å². The lowest BCUT2D eigenvalue weighted by molar-refractivity contribution is -0.274. The summed E-state index contributed by atoms with van der Waals surface area (Å²) in [6.07, 6.45) is -1.38. The van der Waals surface area contributed by atoms with Crippen LogP contribution in [0.15, 0.2) is 42.5 Å². The minimum Gasteiger partial charge on any atom is -0.406 e. The first-order chi connectivity index (χ1) is 16.3. The van der Waals surface area contributed by atoms with Gasteiger partial charge in [0, 0.05) is 11.7 Å². The average Bonchev–Trinajstić information content (AvgIpc) is 3.10. The number of benzene rings is 2.